The van der Waals surface area contributed by atoms with Crippen molar-refractivity contribution in [2.24, 2.45) is 5.92 Å². The minimum Gasteiger partial charge on any atom is -0.348 e. The summed E-state index contributed by atoms with van der Waals surface area (Å²) < 4.78 is 0. The Balaban J connectivity index is 2.44. The Morgan fingerprint density at radius 1 is 1.56 bits per heavy atom. The molecule has 0 spiro atoms. The molecule has 6 nitrogen and oxygen atoms in total. The Labute approximate surface area is 110 Å². The first-order chi connectivity index (χ1) is 8.52. The van der Waals surface area contributed by atoms with Crippen molar-refractivity contribution in [2.45, 2.75) is 32.7 Å². The van der Waals surface area contributed by atoms with Crippen molar-refractivity contribution in [1.82, 2.24) is 9.97 Å². The summed E-state index contributed by atoms with van der Waals surface area (Å²) >= 11 is 5.81. The van der Waals surface area contributed by atoms with Crippen molar-refractivity contribution < 1.29 is 4.92 Å². The van der Waals surface area contributed by atoms with Gasteiger partial charge in [0, 0.05) is 12.6 Å². The summed E-state index contributed by atoms with van der Waals surface area (Å²) in [6.45, 7) is 4.99. The molecule has 0 saturated carbocycles. The standard InChI is InChI=1S/C11H15ClN4O2/c1-7(2)8-4-3-5-15(8)11-9(16(17)18)10(12)13-6-14-11/h6-8H,3-5H2,1-2H3. The SMILES string of the molecule is CC(C)C1CCCN1c1ncnc(Cl)c1[N+](=O)[O-]. The van der Waals surface area contributed by atoms with Crippen LogP contribution in [0.4, 0.5) is 11.5 Å². The number of halogens is 1. The molecule has 0 aromatic carbocycles. The van der Waals surface area contributed by atoms with Crippen LogP contribution in [0.5, 0.6) is 0 Å². The number of aromatic nitrogens is 2. The molecular formula is C11H15ClN4O2. The minimum atomic E-state index is -0.507. The Morgan fingerprint density at radius 2 is 2.28 bits per heavy atom. The van der Waals surface area contributed by atoms with Crippen molar-refractivity contribution in [3.05, 3.63) is 21.6 Å². The smallest absolute Gasteiger partial charge is 0.348 e. The second kappa shape index (κ2) is 5.06. The topological polar surface area (TPSA) is 72.2 Å². The fourth-order valence-corrected chi connectivity index (χ4v) is 2.66. The molecule has 0 N–H and O–H groups in total. The number of anilines is 1. The van der Waals surface area contributed by atoms with Gasteiger partial charge >= 0.3 is 5.69 Å². The number of hydrogen-bond donors (Lipinski definition) is 0. The number of nitro groups is 1. The fourth-order valence-electron chi connectivity index (χ4n) is 2.46. The van der Waals surface area contributed by atoms with Gasteiger partial charge in [-0.2, -0.15) is 0 Å². The van der Waals surface area contributed by atoms with E-state index in [1.165, 1.54) is 6.33 Å². The van der Waals surface area contributed by atoms with E-state index in [4.69, 9.17) is 11.6 Å². The molecule has 1 aliphatic rings. The predicted molar refractivity (Wildman–Crippen MR) is 68.9 cm³/mol. The van der Waals surface area contributed by atoms with Crippen LogP contribution in [-0.2, 0) is 0 Å². The maximum Gasteiger partial charge on any atom is 0.348 e. The van der Waals surface area contributed by atoms with E-state index in [2.05, 4.69) is 23.8 Å². The summed E-state index contributed by atoms with van der Waals surface area (Å²) in [5, 5.41) is 11.0. The number of rotatable bonds is 3. The summed E-state index contributed by atoms with van der Waals surface area (Å²) in [7, 11) is 0. The van der Waals surface area contributed by atoms with Crippen LogP contribution in [0.1, 0.15) is 26.7 Å². The summed E-state index contributed by atoms with van der Waals surface area (Å²) in [4.78, 5) is 20.3. The predicted octanol–water partition coefficient (Wildman–Crippen LogP) is 2.66. The molecule has 0 bridgehead atoms. The average Bonchev–Trinajstić information content (AvgIpc) is 2.76. The molecular weight excluding hydrogens is 256 g/mol. The van der Waals surface area contributed by atoms with Gasteiger partial charge in [0.05, 0.1) is 4.92 Å². The third-order valence-electron chi connectivity index (χ3n) is 3.28. The van der Waals surface area contributed by atoms with Crippen molar-refractivity contribution in [3.63, 3.8) is 0 Å². The van der Waals surface area contributed by atoms with Gasteiger partial charge in [-0.05, 0) is 18.8 Å². The van der Waals surface area contributed by atoms with E-state index in [1.54, 1.807) is 0 Å². The number of hydrogen-bond acceptors (Lipinski definition) is 5. The van der Waals surface area contributed by atoms with E-state index >= 15 is 0 Å². The highest BCUT2D eigenvalue weighted by molar-refractivity contribution is 6.31. The van der Waals surface area contributed by atoms with E-state index in [0.717, 1.165) is 19.4 Å². The van der Waals surface area contributed by atoms with Crippen molar-refractivity contribution in [1.29, 1.82) is 0 Å². The summed E-state index contributed by atoms with van der Waals surface area (Å²) in [5.41, 5.74) is -0.188. The Bertz CT molecular complexity index is 466. The average molecular weight is 271 g/mol. The molecule has 2 rings (SSSR count). The van der Waals surface area contributed by atoms with Crippen molar-refractivity contribution in [3.8, 4) is 0 Å². The molecule has 1 saturated heterocycles. The lowest BCUT2D eigenvalue weighted by Crippen LogP contribution is -2.34. The Hall–Kier alpha value is -1.43. The summed E-state index contributed by atoms with van der Waals surface area (Å²) in [6.07, 6.45) is 3.32. The molecule has 1 atom stereocenters. The molecule has 7 heteroatoms. The molecule has 1 unspecified atom stereocenters. The van der Waals surface area contributed by atoms with Gasteiger partial charge in [0.1, 0.15) is 6.33 Å². The molecule has 0 aliphatic carbocycles. The van der Waals surface area contributed by atoms with Crippen LogP contribution in [0.3, 0.4) is 0 Å². The molecule has 1 aliphatic heterocycles. The lowest BCUT2D eigenvalue weighted by atomic mass is 10.0. The van der Waals surface area contributed by atoms with E-state index in [1.807, 2.05) is 4.90 Å². The van der Waals surface area contributed by atoms with Crippen molar-refractivity contribution in [2.75, 3.05) is 11.4 Å². The largest absolute Gasteiger partial charge is 0.348 e. The molecule has 1 aromatic rings. The first-order valence-corrected chi connectivity index (χ1v) is 6.31. The highest BCUT2D eigenvalue weighted by Gasteiger charge is 2.34. The molecule has 2 heterocycles. The first-order valence-electron chi connectivity index (χ1n) is 5.94. The third kappa shape index (κ3) is 2.25. The third-order valence-corrected chi connectivity index (χ3v) is 3.56. The second-order valence-corrected chi connectivity index (χ2v) is 5.10. The zero-order chi connectivity index (χ0) is 13.3. The fraction of sp³-hybridized carbons (Fsp3) is 0.636. The molecule has 98 valence electrons. The van der Waals surface area contributed by atoms with E-state index < -0.39 is 4.92 Å². The van der Waals surface area contributed by atoms with Crippen LogP contribution >= 0.6 is 11.6 Å². The molecule has 0 amide bonds. The monoisotopic (exact) mass is 270 g/mol. The molecule has 18 heavy (non-hydrogen) atoms. The van der Waals surface area contributed by atoms with Gasteiger partial charge in [0.2, 0.25) is 11.0 Å². The second-order valence-electron chi connectivity index (χ2n) is 4.74. The lowest BCUT2D eigenvalue weighted by Gasteiger charge is -2.28. The Kier molecular flexibility index (Phi) is 3.65. The van der Waals surface area contributed by atoms with E-state index in [-0.39, 0.29) is 16.9 Å². The van der Waals surface area contributed by atoms with Crippen LogP contribution in [0, 0.1) is 16.0 Å². The van der Waals surface area contributed by atoms with Gasteiger partial charge < -0.3 is 4.90 Å². The summed E-state index contributed by atoms with van der Waals surface area (Å²) in [5.74, 6) is 0.761. The molecule has 0 radical (unpaired) electrons. The van der Waals surface area contributed by atoms with Crippen LogP contribution in [0.15, 0.2) is 6.33 Å². The van der Waals surface area contributed by atoms with Gasteiger partial charge in [0.15, 0.2) is 0 Å². The Morgan fingerprint density at radius 3 is 2.89 bits per heavy atom. The van der Waals surface area contributed by atoms with Gasteiger partial charge in [-0.15, -0.1) is 0 Å². The van der Waals surface area contributed by atoms with Crippen LogP contribution < -0.4 is 4.90 Å². The zero-order valence-corrected chi connectivity index (χ0v) is 11.1. The normalized spacial score (nSPS) is 19.6. The number of nitrogens with zero attached hydrogens (tertiary/aromatic N) is 4. The maximum absolute atomic E-state index is 11.1. The molecule has 1 aromatic heterocycles. The van der Waals surface area contributed by atoms with Gasteiger partial charge in [-0.25, -0.2) is 9.97 Å². The van der Waals surface area contributed by atoms with Crippen molar-refractivity contribution >= 4 is 23.1 Å². The summed E-state index contributed by atoms with van der Waals surface area (Å²) in [6, 6.07) is 0.273. The minimum absolute atomic E-state index is 0.0978. The maximum atomic E-state index is 11.1. The first kappa shape index (κ1) is 13.0. The van der Waals surface area contributed by atoms with E-state index in [0.29, 0.717) is 11.7 Å². The van der Waals surface area contributed by atoms with Crippen LogP contribution in [-0.4, -0.2) is 27.5 Å². The van der Waals surface area contributed by atoms with Crippen LogP contribution in [0.25, 0.3) is 0 Å². The van der Waals surface area contributed by atoms with Gasteiger partial charge in [-0.1, -0.05) is 25.4 Å². The zero-order valence-electron chi connectivity index (χ0n) is 10.3. The van der Waals surface area contributed by atoms with Crippen LogP contribution in [0.2, 0.25) is 5.15 Å². The molecule has 1 fully saturated rings. The quantitative estimate of drug-likeness (QED) is 0.480. The van der Waals surface area contributed by atoms with Gasteiger partial charge in [-0.3, -0.25) is 10.1 Å². The van der Waals surface area contributed by atoms with Gasteiger partial charge in [0.25, 0.3) is 0 Å². The lowest BCUT2D eigenvalue weighted by molar-refractivity contribution is -0.384. The highest BCUT2D eigenvalue weighted by Crippen LogP contribution is 2.36. The van der Waals surface area contributed by atoms with E-state index in [9.17, 15) is 10.1 Å². The highest BCUT2D eigenvalue weighted by atomic mass is 35.5.